The third kappa shape index (κ3) is 3.85. The van der Waals surface area contributed by atoms with Gasteiger partial charge in [0.1, 0.15) is 16.4 Å². The second kappa shape index (κ2) is 9.30. The zero-order valence-corrected chi connectivity index (χ0v) is 24.2. The van der Waals surface area contributed by atoms with E-state index < -0.39 is 14.6 Å². The first-order chi connectivity index (χ1) is 19.0. The molecule has 1 saturated carbocycles. The number of piperazine rings is 1. The Balaban J connectivity index is 1.38. The van der Waals surface area contributed by atoms with Crippen molar-refractivity contribution in [2.24, 2.45) is 10.4 Å². The van der Waals surface area contributed by atoms with Gasteiger partial charge in [0.2, 0.25) is 5.91 Å². The topological polar surface area (TPSA) is 110 Å². The quantitative estimate of drug-likeness (QED) is 0.556. The monoisotopic (exact) mass is 560 g/mol. The number of amidine groups is 1. The van der Waals surface area contributed by atoms with Gasteiger partial charge in [0.25, 0.3) is 0 Å². The fraction of sp³-hybridized carbons (Fsp3) is 0.533. The minimum atomic E-state index is -3.47. The number of anilines is 1. The number of nitrogens with zero attached hydrogens (tertiary/aromatic N) is 6. The Hall–Kier alpha value is -3.45. The number of hydrogen-bond acceptors (Lipinski definition) is 8. The van der Waals surface area contributed by atoms with Crippen molar-refractivity contribution in [2.75, 3.05) is 30.3 Å². The van der Waals surface area contributed by atoms with Gasteiger partial charge in [-0.25, -0.2) is 18.4 Å². The summed E-state index contributed by atoms with van der Waals surface area (Å²) in [7, 11) is -3.47. The molecule has 1 aromatic heterocycles. The Morgan fingerprint density at radius 2 is 1.95 bits per heavy atom. The van der Waals surface area contributed by atoms with E-state index in [9.17, 15) is 18.5 Å². The maximum absolute atomic E-state index is 13.7. The zero-order chi connectivity index (χ0) is 28.4. The highest BCUT2D eigenvalue weighted by atomic mass is 32.2. The van der Waals surface area contributed by atoms with E-state index in [-0.39, 0.29) is 29.2 Å². The van der Waals surface area contributed by atoms with Crippen molar-refractivity contribution in [1.29, 1.82) is 5.26 Å². The third-order valence-electron chi connectivity index (χ3n) is 9.69. The van der Waals surface area contributed by atoms with Crippen LogP contribution in [0.4, 0.5) is 5.82 Å². The number of aliphatic imine (C=N–C) groups is 1. The fourth-order valence-corrected chi connectivity index (χ4v) is 8.98. The Bertz CT molecular complexity index is 1530. The highest BCUT2D eigenvalue weighted by Gasteiger charge is 2.55. The number of allylic oxidation sites excluding steroid dienone is 1. The van der Waals surface area contributed by atoms with E-state index in [1.807, 2.05) is 19.1 Å². The number of fused-ring (bicyclic) bond motifs is 2. The first-order valence-corrected chi connectivity index (χ1v) is 15.8. The molecule has 4 fully saturated rings. The van der Waals surface area contributed by atoms with Gasteiger partial charge in [-0.3, -0.25) is 4.79 Å². The van der Waals surface area contributed by atoms with Gasteiger partial charge in [0.15, 0.2) is 9.84 Å². The summed E-state index contributed by atoms with van der Waals surface area (Å²) in [6.45, 7) is 11.9. The molecule has 1 aliphatic carbocycles. The van der Waals surface area contributed by atoms with Crippen LogP contribution in [0.3, 0.4) is 0 Å². The van der Waals surface area contributed by atoms with E-state index >= 15 is 0 Å². The summed E-state index contributed by atoms with van der Waals surface area (Å²) in [6, 6.07) is 5.52. The van der Waals surface area contributed by atoms with E-state index in [2.05, 4.69) is 34.4 Å². The molecule has 1 amide bonds. The van der Waals surface area contributed by atoms with Crippen LogP contribution in [0.5, 0.6) is 0 Å². The maximum Gasteiger partial charge on any atom is 0.244 e. The Morgan fingerprint density at radius 1 is 1.18 bits per heavy atom. The Labute approximate surface area is 236 Å². The normalized spacial score (nSPS) is 30.6. The highest BCUT2D eigenvalue weighted by Crippen LogP contribution is 2.55. The lowest BCUT2D eigenvalue weighted by atomic mass is 9.64. The summed E-state index contributed by atoms with van der Waals surface area (Å²) in [4.78, 5) is 29.5. The van der Waals surface area contributed by atoms with Crippen LogP contribution >= 0.6 is 0 Å². The predicted octanol–water partition coefficient (Wildman–Crippen LogP) is 3.57. The lowest BCUT2D eigenvalue weighted by Crippen LogP contribution is -2.62. The molecule has 0 aromatic carbocycles. The number of nitriles is 1. The molecule has 40 heavy (non-hydrogen) atoms. The number of carbonyl (C=O) groups excluding carboxylic acids is 1. The van der Waals surface area contributed by atoms with Crippen molar-refractivity contribution in [3.63, 3.8) is 0 Å². The number of aromatic nitrogens is 1. The minimum Gasteiger partial charge on any atom is -0.364 e. The van der Waals surface area contributed by atoms with Crippen LogP contribution in [-0.2, 0) is 14.6 Å². The van der Waals surface area contributed by atoms with Crippen molar-refractivity contribution in [3.8, 4) is 6.07 Å². The summed E-state index contributed by atoms with van der Waals surface area (Å²) in [6.07, 6.45) is 9.51. The number of hydrogen-bond donors (Lipinski definition) is 0. The summed E-state index contributed by atoms with van der Waals surface area (Å²) >= 11 is 0. The summed E-state index contributed by atoms with van der Waals surface area (Å²) in [5.41, 5.74) is 3.57. The van der Waals surface area contributed by atoms with E-state index in [1.165, 1.54) is 5.57 Å². The Morgan fingerprint density at radius 3 is 2.60 bits per heavy atom. The molecular weight excluding hydrogens is 524 g/mol. The smallest absolute Gasteiger partial charge is 0.244 e. The van der Waals surface area contributed by atoms with E-state index in [1.54, 1.807) is 30.3 Å². The predicted molar refractivity (Wildman–Crippen MR) is 154 cm³/mol. The molecule has 6 rings (SSSR count). The molecule has 1 spiro atoms. The van der Waals surface area contributed by atoms with Gasteiger partial charge in [-0.2, -0.15) is 5.26 Å². The molecule has 3 saturated heterocycles. The second-order valence-electron chi connectivity index (χ2n) is 12.2. The van der Waals surface area contributed by atoms with Crippen LogP contribution in [0.2, 0.25) is 0 Å². The molecule has 0 bridgehead atoms. The van der Waals surface area contributed by atoms with Crippen LogP contribution in [-0.4, -0.2) is 77.2 Å². The van der Waals surface area contributed by atoms with Crippen molar-refractivity contribution in [2.45, 2.75) is 69.7 Å². The highest BCUT2D eigenvalue weighted by molar-refractivity contribution is 7.93. The largest absolute Gasteiger partial charge is 0.364 e. The molecular formula is C30H36N6O3S. The first kappa shape index (κ1) is 26.8. The van der Waals surface area contributed by atoms with Gasteiger partial charge >= 0.3 is 0 Å². The molecule has 9 nitrogen and oxygen atoms in total. The second-order valence-corrected chi connectivity index (χ2v) is 14.8. The van der Waals surface area contributed by atoms with Crippen LogP contribution < -0.4 is 4.90 Å². The molecule has 0 N–H and O–H groups in total. The number of pyridine rings is 1. The number of sulfone groups is 1. The van der Waals surface area contributed by atoms with Crippen molar-refractivity contribution in [3.05, 3.63) is 59.6 Å². The van der Waals surface area contributed by atoms with Gasteiger partial charge in [0, 0.05) is 55.1 Å². The van der Waals surface area contributed by atoms with Crippen molar-refractivity contribution >= 4 is 27.4 Å². The van der Waals surface area contributed by atoms with Crippen molar-refractivity contribution < 1.29 is 13.2 Å². The molecule has 1 unspecified atom stereocenters. The van der Waals surface area contributed by atoms with E-state index in [0.717, 1.165) is 42.9 Å². The summed E-state index contributed by atoms with van der Waals surface area (Å²) in [5.74, 6) is 1.36. The van der Waals surface area contributed by atoms with Crippen LogP contribution in [0.25, 0.3) is 0 Å². The molecule has 3 atom stereocenters. The standard InChI is InChI=1S/C30H36N6O3S/c1-20-7-12-33-27-25(30(10-5-11-30)19-36(27)24-15-23(16-31)8-13-32-24)26(20)34-17-22(3)35(18-21(34)2)28(37)29(4)9-6-14-40(29,38)39/h7-8,12-13,15,21-22H,1,5-6,9-11,14,17-19H2,2-4H3/t21-,22+,29?/m0/s1. The van der Waals surface area contributed by atoms with E-state index in [0.29, 0.717) is 37.3 Å². The van der Waals surface area contributed by atoms with Gasteiger partial charge in [-0.1, -0.05) is 13.0 Å². The number of carbonyl (C=O) groups is 1. The summed E-state index contributed by atoms with van der Waals surface area (Å²) < 4.78 is 24.4. The molecule has 5 aliphatic rings. The number of amides is 1. The van der Waals surface area contributed by atoms with Crippen LogP contribution in [0.15, 0.2) is 59.0 Å². The van der Waals surface area contributed by atoms with Gasteiger partial charge in [-0.05, 0) is 70.2 Å². The van der Waals surface area contributed by atoms with Crippen LogP contribution in [0, 0.1) is 16.7 Å². The fourth-order valence-electron chi connectivity index (χ4n) is 7.17. The summed E-state index contributed by atoms with van der Waals surface area (Å²) in [5, 5.41) is 9.49. The zero-order valence-electron chi connectivity index (χ0n) is 23.4. The first-order valence-electron chi connectivity index (χ1n) is 14.1. The molecule has 5 heterocycles. The average Bonchev–Trinajstić information content (AvgIpc) is 3.33. The van der Waals surface area contributed by atoms with Gasteiger partial charge < -0.3 is 14.7 Å². The molecule has 1 aromatic rings. The van der Waals surface area contributed by atoms with Crippen molar-refractivity contribution in [1.82, 2.24) is 14.8 Å². The van der Waals surface area contributed by atoms with Crippen LogP contribution in [0.1, 0.15) is 58.4 Å². The lowest BCUT2D eigenvalue weighted by molar-refractivity contribution is -0.139. The molecule has 210 valence electrons. The lowest BCUT2D eigenvalue weighted by Gasteiger charge is -2.49. The number of rotatable bonds is 3. The minimum absolute atomic E-state index is 0.0499. The molecule has 4 aliphatic heterocycles. The van der Waals surface area contributed by atoms with Gasteiger partial charge in [-0.15, -0.1) is 0 Å². The third-order valence-corrected chi connectivity index (χ3v) is 12.3. The SMILES string of the molecule is C=C1C=CN=C2C(=C1N1C[C@@H](C)N(C(=O)C3(C)CCCS3(=O)=O)C[C@@H]1C)C1(CCC1)CN2c1cc(C#N)ccn1. The van der Waals surface area contributed by atoms with Gasteiger partial charge in [0.05, 0.1) is 23.1 Å². The van der Waals surface area contributed by atoms with E-state index in [4.69, 9.17) is 4.99 Å². The maximum atomic E-state index is 13.7. The average molecular weight is 561 g/mol. The molecule has 0 radical (unpaired) electrons. The Kier molecular flexibility index (Phi) is 6.22. The molecule has 10 heteroatoms.